The Morgan fingerprint density at radius 2 is 2.10 bits per heavy atom. The normalized spacial score (nSPS) is 12.8. The van der Waals surface area contributed by atoms with Gasteiger partial charge >= 0.3 is 0 Å². The van der Waals surface area contributed by atoms with Crippen molar-refractivity contribution in [2.75, 3.05) is 5.88 Å². The zero-order chi connectivity index (χ0) is 14.7. The molecule has 0 saturated heterocycles. The molecule has 0 N–H and O–H groups in total. The molecule has 0 bridgehead atoms. The Morgan fingerprint density at radius 3 is 2.70 bits per heavy atom. The van der Waals surface area contributed by atoms with Crippen LogP contribution in [0.5, 0.6) is 0 Å². The van der Waals surface area contributed by atoms with Crippen LogP contribution in [-0.4, -0.2) is 15.4 Å². The number of nitriles is 1. The van der Waals surface area contributed by atoms with Crippen molar-refractivity contribution < 1.29 is 0 Å². The number of imidazole rings is 1. The summed E-state index contributed by atoms with van der Waals surface area (Å²) in [6, 6.07) is 7.99. The fourth-order valence-electron chi connectivity index (χ4n) is 2.26. The SMILES string of the molecule is CC(C)C(C)Cn1c(CCCl)nc2c(C#N)cccc21. The smallest absolute Gasteiger partial charge is 0.111 e. The minimum atomic E-state index is 0.543. The van der Waals surface area contributed by atoms with E-state index in [0.717, 1.165) is 29.8 Å². The zero-order valence-corrected chi connectivity index (χ0v) is 13.0. The summed E-state index contributed by atoms with van der Waals surface area (Å²) in [6.07, 6.45) is 0.728. The monoisotopic (exact) mass is 289 g/mol. The predicted molar refractivity (Wildman–Crippen MR) is 82.9 cm³/mol. The Kier molecular flexibility index (Phi) is 4.67. The molecule has 3 nitrogen and oxygen atoms in total. The number of rotatable bonds is 5. The molecule has 1 unspecified atom stereocenters. The molecule has 0 fully saturated rings. The Labute approximate surface area is 125 Å². The van der Waals surface area contributed by atoms with Gasteiger partial charge in [0.2, 0.25) is 0 Å². The molecular formula is C16H20ClN3. The van der Waals surface area contributed by atoms with Gasteiger partial charge in [-0.15, -0.1) is 11.6 Å². The van der Waals surface area contributed by atoms with E-state index in [0.29, 0.717) is 23.3 Å². The van der Waals surface area contributed by atoms with Crippen LogP contribution in [0.15, 0.2) is 18.2 Å². The first-order valence-electron chi connectivity index (χ1n) is 7.02. The summed E-state index contributed by atoms with van der Waals surface area (Å²) in [7, 11) is 0. The fourth-order valence-corrected chi connectivity index (χ4v) is 2.43. The highest BCUT2D eigenvalue weighted by Gasteiger charge is 2.16. The van der Waals surface area contributed by atoms with Crippen molar-refractivity contribution in [2.24, 2.45) is 11.8 Å². The van der Waals surface area contributed by atoms with Crippen molar-refractivity contribution in [3.8, 4) is 6.07 Å². The summed E-state index contributed by atoms with van der Waals surface area (Å²) in [6.45, 7) is 7.61. The zero-order valence-electron chi connectivity index (χ0n) is 12.2. The number of hydrogen-bond donors (Lipinski definition) is 0. The van der Waals surface area contributed by atoms with Crippen molar-refractivity contribution in [1.82, 2.24) is 9.55 Å². The molecule has 0 aliphatic rings. The lowest BCUT2D eigenvalue weighted by Gasteiger charge is -2.18. The largest absolute Gasteiger partial charge is 0.328 e. The highest BCUT2D eigenvalue weighted by molar-refractivity contribution is 6.17. The van der Waals surface area contributed by atoms with Gasteiger partial charge in [0.1, 0.15) is 17.4 Å². The third-order valence-electron chi connectivity index (χ3n) is 3.91. The van der Waals surface area contributed by atoms with Crippen molar-refractivity contribution in [1.29, 1.82) is 5.26 Å². The second kappa shape index (κ2) is 6.28. The maximum absolute atomic E-state index is 9.21. The van der Waals surface area contributed by atoms with Crippen LogP contribution >= 0.6 is 11.6 Å². The maximum atomic E-state index is 9.21. The number of fused-ring (bicyclic) bond motifs is 1. The Bertz CT molecular complexity index is 637. The predicted octanol–water partition coefficient (Wildman–Crippen LogP) is 3.98. The van der Waals surface area contributed by atoms with Gasteiger partial charge in [-0.2, -0.15) is 5.26 Å². The Morgan fingerprint density at radius 1 is 1.35 bits per heavy atom. The summed E-state index contributed by atoms with van der Waals surface area (Å²) < 4.78 is 2.23. The van der Waals surface area contributed by atoms with Crippen LogP contribution in [0.2, 0.25) is 0 Å². The molecule has 2 aromatic rings. The molecule has 20 heavy (non-hydrogen) atoms. The average Bonchev–Trinajstić information content (AvgIpc) is 2.77. The van der Waals surface area contributed by atoms with E-state index in [9.17, 15) is 5.26 Å². The van der Waals surface area contributed by atoms with Gasteiger partial charge in [0.25, 0.3) is 0 Å². The molecule has 1 atom stereocenters. The molecular weight excluding hydrogens is 270 g/mol. The van der Waals surface area contributed by atoms with Crippen molar-refractivity contribution in [3.63, 3.8) is 0 Å². The number of benzene rings is 1. The lowest BCUT2D eigenvalue weighted by atomic mass is 9.98. The van der Waals surface area contributed by atoms with E-state index in [1.54, 1.807) is 0 Å². The standard InChI is InChI=1S/C16H20ClN3/c1-11(2)12(3)10-20-14-6-4-5-13(9-18)16(14)19-15(20)7-8-17/h4-6,11-12H,7-8,10H2,1-3H3. The van der Waals surface area contributed by atoms with Crippen molar-refractivity contribution in [3.05, 3.63) is 29.6 Å². The maximum Gasteiger partial charge on any atom is 0.111 e. The van der Waals surface area contributed by atoms with Crippen LogP contribution in [0.3, 0.4) is 0 Å². The van der Waals surface area contributed by atoms with Gasteiger partial charge in [-0.3, -0.25) is 0 Å². The lowest BCUT2D eigenvalue weighted by molar-refractivity contribution is 0.364. The van der Waals surface area contributed by atoms with Crippen molar-refractivity contribution >= 4 is 22.6 Å². The van der Waals surface area contributed by atoms with E-state index in [1.165, 1.54) is 0 Å². The highest BCUT2D eigenvalue weighted by atomic mass is 35.5. The Hall–Kier alpha value is -1.53. The first kappa shape index (κ1) is 14.9. The summed E-state index contributed by atoms with van der Waals surface area (Å²) in [4.78, 5) is 4.64. The van der Waals surface area contributed by atoms with Crippen LogP contribution in [0.25, 0.3) is 11.0 Å². The molecule has 0 aliphatic carbocycles. The summed E-state index contributed by atoms with van der Waals surface area (Å²) >= 11 is 5.89. The van der Waals surface area contributed by atoms with Gasteiger partial charge < -0.3 is 4.57 Å². The van der Waals surface area contributed by atoms with Gasteiger partial charge in [0, 0.05) is 18.8 Å². The van der Waals surface area contributed by atoms with E-state index < -0.39 is 0 Å². The molecule has 1 aromatic heterocycles. The van der Waals surface area contributed by atoms with E-state index >= 15 is 0 Å². The molecule has 1 heterocycles. The van der Waals surface area contributed by atoms with E-state index in [4.69, 9.17) is 11.6 Å². The van der Waals surface area contributed by atoms with Gasteiger partial charge in [-0.25, -0.2) is 4.98 Å². The van der Waals surface area contributed by atoms with Crippen LogP contribution in [-0.2, 0) is 13.0 Å². The average molecular weight is 290 g/mol. The number of alkyl halides is 1. The summed E-state index contributed by atoms with van der Waals surface area (Å²) in [5.74, 6) is 2.68. The van der Waals surface area contributed by atoms with Crippen LogP contribution in [0.1, 0.15) is 32.2 Å². The minimum Gasteiger partial charge on any atom is -0.328 e. The van der Waals surface area contributed by atoms with Crippen molar-refractivity contribution in [2.45, 2.75) is 33.7 Å². The molecule has 0 aliphatic heterocycles. The van der Waals surface area contributed by atoms with E-state index in [1.807, 2.05) is 18.2 Å². The number of nitrogens with zero attached hydrogens (tertiary/aromatic N) is 3. The fraction of sp³-hybridized carbons (Fsp3) is 0.500. The highest BCUT2D eigenvalue weighted by Crippen LogP contribution is 2.23. The molecule has 0 amide bonds. The molecule has 0 radical (unpaired) electrons. The minimum absolute atomic E-state index is 0.543. The first-order valence-corrected chi connectivity index (χ1v) is 7.56. The van der Waals surface area contributed by atoms with Crippen LogP contribution < -0.4 is 0 Å². The second-order valence-corrected chi connectivity index (χ2v) is 5.96. The number of aromatic nitrogens is 2. The molecule has 4 heteroatoms. The first-order chi connectivity index (χ1) is 9.58. The lowest BCUT2D eigenvalue weighted by Crippen LogP contribution is -2.15. The van der Waals surface area contributed by atoms with E-state index in [2.05, 4.69) is 36.4 Å². The Balaban J connectivity index is 2.55. The summed E-state index contributed by atoms with van der Waals surface area (Å²) in [5, 5.41) is 9.21. The molecule has 0 saturated carbocycles. The third-order valence-corrected chi connectivity index (χ3v) is 4.09. The number of aryl methyl sites for hydroxylation is 1. The van der Waals surface area contributed by atoms with Gasteiger partial charge in [-0.05, 0) is 24.0 Å². The number of halogens is 1. The number of hydrogen-bond acceptors (Lipinski definition) is 2. The van der Waals surface area contributed by atoms with Crippen LogP contribution in [0.4, 0.5) is 0 Å². The van der Waals surface area contributed by atoms with Crippen LogP contribution in [0, 0.1) is 23.2 Å². The molecule has 1 aromatic carbocycles. The molecule has 106 valence electrons. The van der Waals surface area contributed by atoms with Gasteiger partial charge in [0.05, 0.1) is 11.1 Å². The number of para-hydroxylation sites is 1. The van der Waals surface area contributed by atoms with Gasteiger partial charge in [0.15, 0.2) is 0 Å². The quantitative estimate of drug-likeness (QED) is 0.781. The topological polar surface area (TPSA) is 41.6 Å². The second-order valence-electron chi connectivity index (χ2n) is 5.58. The molecule has 2 rings (SSSR count). The van der Waals surface area contributed by atoms with Gasteiger partial charge in [-0.1, -0.05) is 26.8 Å². The molecule has 0 spiro atoms. The van der Waals surface area contributed by atoms with E-state index in [-0.39, 0.29) is 0 Å². The summed E-state index contributed by atoms with van der Waals surface area (Å²) in [5.41, 5.74) is 2.47. The third kappa shape index (κ3) is 2.81.